The van der Waals surface area contributed by atoms with Crippen molar-refractivity contribution < 1.29 is 0 Å². The van der Waals surface area contributed by atoms with Gasteiger partial charge in [-0.05, 0) is 0 Å². The lowest BCUT2D eigenvalue weighted by molar-refractivity contribution is 1.16. The van der Waals surface area contributed by atoms with Gasteiger partial charge in [0.25, 0.3) is 0 Å². The molecule has 0 atom stereocenters. The third-order valence-electron chi connectivity index (χ3n) is 0.641. The summed E-state index contributed by atoms with van der Waals surface area (Å²) in [6, 6.07) is 2.31. The molecule has 0 aliphatic heterocycles. The zero-order chi connectivity index (χ0) is 4.41. The smallest absolute Gasteiger partial charge is 0.0232 e. The predicted octanol–water partition coefficient (Wildman–Crippen LogP) is 0.454. The molecule has 0 saturated heterocycles. The molecule has 30 valence electrons. The van der Waals surface area contributed by atoms with E-state index in [1.165, 1.54) is 5.70 Å². The highest BCUT2D eigenvalue weighted by Gasteiger charge is 2.01. The van der Waals surface area contributed by atoms with E-state index in [4.69, 9.17) is 6.42 Å². The highest BCUT2D eigenvalue weighted by Crippen LogP contribution is 2.11. The fraction of sp³-hybridized carbons (Fsp3) is 0.200. The molecular formula is C5H5N. The van der Waals surface area contributed by atoms with Gasteiger partial charge in [0.2, 0.25) is 0 Å². The SMILES string of the molecule is C#CNC1=CC1. The Morgan fingerprint density at radius 2 is 2.67 bits per heavy atom. The molecule has 0 spiro atoms. The van der Waals surface area contributed by atoms with Crippen LogP contribution in [0, 0.1) is 12.5 Å². The summed E-state index contributed by atoms with van der Waals surface area (Å²) in [6.07, 6.45) is 7.97. The lowest BCUT2D eigenvalue weighted by atomic mass is 10.8. The molecule has 0 aromatic carbocycles. The number of hydrogen-bond donors (Lipinski definition) is 1. The Bertz CT molecular complexity index is 116. The summed E-state index contributed by atoms with van der Waals surface area (Å²) in [4.78, 5) is 0. The topological polar surface area (TPSA) is 12.0 Å². The highest BCUT2D eigenvalue weighted by atomic mass is 14.9. The first-order valence-electron chi connectivity index (χ1n) is 1.84. The maximum atomic E-state index is 4.87. The van der Waals surface area contributed by atoms with Crippen molar-refractivity contribution in [3.63, 3.8) is 0 Å². The number of hydrogen-bond acceptors (Lipinski definition) is 1. The van der Waals surface area contributed by atoms with Crippen molar-refractivity contribution in [3.8, 4) is 12.5 Å². The molecule has 0 heterocycles. The van der Waals surface area contributed by atoms with Gasteiger partial charge in [0.05, 0.1) is 0 Å². The first kappa shape index (κ1) is 3.30. The molecule has 0 unspecified atom stereocenters. The maximum absolute atomic E-state index is 4.87. The zero-order valence-electron chi connectivity index (χ0n) is 3.36. The molecule has 0 aromatic heterocycles. The molecule has 0 fully saturated rings. The Hall–Kier alpha value is -0.900. The van der Waals surface area contributed by atoms with E-state index in [1.807, 2.05) is 6.08 Å². The fourth-order valence-corrected chi connectivity index (χ4v) is 0.246. The van der Waals surface area contributed by atoms with E-state index >= 15 is 0 Å². The molecule has 0 radical (unpaired) electrons. The van der Waals surface area contributed by atoms with Crippen molar-refractivity contribution in [3.05, 3.63) is 11.8 Å². The van der Waals surface area contributed by atoms with Crippen LogP contribution in [0.4, 0.5) is 0 Å². The van der Waals surface area contributed by atoms with E-state index in [2.05, 4.69) is 11.4 Å². The van der Waals surface area contributed by atoms with Crippen LogP contribution >= 0.6 is 0 Å². The summed E-state index contributed by atoms with van der Waals surface area (Å²) < 4.78 is 0. The van der Waals surface area contributed by atoms with Gasteiger partial charge in [0.1, 0.15) is 0 Å². The van der Waals surface area contributed by atoms with Gasteiger partial charge in [-0.3, -0.25) is 0 Å². The van der Waals surface area contributed by atoms with Crippen LogP contribution in [0.5, 0.6) is 0 Å². The van der Waals surface area contributed by atoms with Gasteiger partial charge in [-0.2, -0.15) is 0 Å². The van der Waals surface area contributed by atoms with E-state index in [-0.39, 0.29) is 0 Å². The van der Waals surface area contributed by atoms with Gasteiger partial charge in [-0.1, -0.05) is 12.5 Å². The standard InChI is InChI=1S/C5H5N/c1-2-6-5-3-4-5/h1,3,6H,4H2. The average molecular weight is 79.1 g/mol. The maximum Gasteiger partial charge on any atom is 0.0232 e. The molecule has 1 N–H and O–H groups in total. The number of allylic oxidation sites excluding steroid dienone is 2. The Morgan fingerprint density at radius 3 is 2.83 bits per heavy atom. The van der Waals surface area contributed by atoms with Gasteiger partial charge in [-0.15, -0.1) is 0 Å². The van der Waals surface area contributed by atoms with Gasteiger partial charge >= 0.3 is 0 Å². The Labute approximate surface area is 37.1 Å². The highest BCUT2D eigenvalue weighted by molar-refractivity contribution is 5.22. The van der Waals surface area contributed by atoms with E-state index < -0.39 is 0 Å². The predicted molar refractivity (Wildman–Crippen MR) is 24.7 cm³/mol. The molecule has 1 aliphatic rings. The first-order chi connectivity index (χ1) is 2.93. The Balaban J connectivity index is 2.22. The van der Waals surface area contributed by atoms with Crippen LogP contribution in [0.1, 0.15) is 6.42 Å². The van der Waals surface area contributed by atoms with Crippen molar-refractivity contribution in [2.75, 3.05) is 0 Å². The third-order valence-corrected chi connectivity index (χ3v) is 0.641. The molecule has 0 amide bonds. The summed E-state index contributed by atoms with van der Waals surface area (Å²) in [6.45, 7) is 0. The van der Waals surface area contributed by atoms with Gasteiger partial charge in [0.15, 0.2) is 0 Å². The number of terminal acetylenes is 1. The molecular weight excluding hydrogens is 74.1 g/mol. The van der Waals surface area contributed by atoms with Crippen LogP contribution in [0.15, 0.2) is 11.8 Å². The van der Waals surface area contributed by atoms with Crippen molar-refractivity contribution in [2.24, 2.45) is 0 Å². The van der Waals surface area contributed by atoms with Crippen molar-refractivity contribution in [1.29, 1.82) is 0 Å². The molecule has 1 heteroatoms. The fourth-order valence-electron chi connectivity index (χ4n) is 0.246. The second-order valence-electron chi connectivity index (χ2n) is 1.20. The molecule has 1 nitrogen and oxygen atoms in total. The molecule has 0 saturated carbocycles. The van der Waals surface area contributed by atoms with E-state index in [0.29, 0.717) is 0 Å². The van der Waals surface area contributed by atoms with E-state index in [1.54, 1.807) is 0 Å². The molecule has 1 aliphatic carbocycles. The van der Waals surface area contributed by atoms with Crippen LogP contribution in [-0.2, 0) is 0 Å². The first-order valence-corrected chi connectivity index (χ1v) is 1.84. The summed E-state index contributed by atoms with van der Waals surface area (Å²) >= 11 is 0. The minimum atomic E-state index is 1.06. The van der Waals surface area contributed by atoms with Crippen LogP contribution in [0.3, 0.4) is 0 Å². The van der Waals surface area contributed by atoms with E-state index in [0.717, 1.165) is 6.42 Å². The second kappa shape index (κ2) is 1.06. The number of nitrogens with one attached hydrogen (secondary N) is 1. The van der Waals surface area contributed by atoms with Crippen LogP contribution < -0.4 is 5.32 Å². The Kier molecular flexibility index (Phi) is 0.582. The van der Waals surface area contributed by atoms with Crippen molar-refractivity contribution in [2.45, 2.75) is 6.42 Å². The molecule has 0 bridgehead atoms. The largest absolute Gasteiger partial charge is 0.319 e. The van der Waals surface area contributed by atoms with Crippen molar-refractivity contribution in [1.82, 2.24) is 5.32 Å². The summed E-state index contributed by atoms with van der Waals surface area (Å²) in [5.41, 5.74) is 1.18. The van der Waals surface area contributed by atoms with E-state index in [9.17, 15) is 0 Å². The lowest BCUT2D eigenvalue weighted by Gasteiger charge is -1.77. The minimum absolute atomic E-state index is 1.06. The zero-order valence-corrected chi connectivity index (χ0v) is 3.36. The van der Waals surface area contributed by atoms with Gasteiger partial charge < -0.3 is 5.32 Å². The number of rotatable bonds is 1. The lowest BCUT2D eigenvalue weighted by Crippen LogP contribution is -1.92. The molecule has 0 aromatic rings. The summed E-state index contributed by atoms with van der Waals surface area (Å²) in [5.74, 6) is 0. The summed E-state index contributed by atoms with van der Waals surface area (Å²) in [7, 11) is 0. The van der Waals surface area contributed by atoms with Crippen LogP contribution in [0.2, 0.25) is 0 Å². The molecule has 6 heavy (non-hydrogen) atoms. The molecule has 1 rings (SSSR count). The normalized spacial score (nSPS) is 14.8. The van der Waals surface area contributed by atoms with Gasteiger partial charge in [0, 0.05) is 18.2 Å². The summed E-state index contributed by atoms with van der Waals surface area (Å²) in [5, 5.41) is 2.71. The average Bonchev–Trinajstić information content (AvgIpc) is 2.21. The van der Waals surface area contributed by atoms with Crippen LogP contribution in [-0.4, -0.2) is 0 Å². The van der Waals surface area contributed by atoms with Gasteiger partial charge in [-0.25, -0.2) is 0 Å². The monoisotopic (exact) mass is 79.0 g/mol. The third kappa shape index (κ3) is 0.526. The minimum Gasteiger partial charge on any atom is -0.319 e. The van der Waals surface area contributed by atoms with Crippen LogP contribution in [0.25, 0.3) is 0 Å². The Morgan fingerprint density at radius 1 is 2.00 bits per heavy atom. The van der Waals surface area contributed by atoms with Crippen molar-refractivity contribution >= 4 is 0 Å². The second-order valence-corrected chi connectivity index (χ2v) is 1.20. The quantitative estimate of drug-likeness (QED) is 0.355.